The summed E-state index contributed by atoms with van der Waals surface area (Å²) in [6.07, 6.45) is 2.39. The fraction of sp³-hybridized carbons (Fsp3) is 0.917. The molecular formula is C12H24ClNO2. The summed E-state index contributed by atoms with van der Waals surface area (Å²) in [5.41, 5.74) is 0. The highest BCUT2D eigenvalue weighted by molar-refractivity contribution is 6.17. The molecule has 3 nitrogen and oxygen atoms in total. The van der Waals surface area contributed by atoms with Gasteiger partial charge in [0.15, 0.2) is 0 Å². The van der Waals surface area contributed by atoms with Gasteiger partial charge in [0.05, 0.1) is 6.61 Å². The molecule has 0 aliphatic rings. The van der Waals surface area contributed by atoms with Gasteiger partial charge in [-0.15, -0.1) is 11.6 Å². The molecule has 0 saturated carbocycles. The molecule has 0 aromatic heterocycles. The van der Waals surface area contributed by atoms with Crippen LogP contribution < -0.4 is 0 Å². The Balaban J connectivity index is 3.99. The van der Waals surface area contributed by atoms with E-state index in [-0.39, 0.29) is 5.91 Å². The highest BCUT2D eigenvalue weighted by Gasteiger charge is 2.13. The van der Waals surface area contributed by atoms with Gasteiger partial charge in [0.25, 0.3) is 0 Å². The van der Waals surface area contributed by atoms with E-state index in [4.69, 9.17) is 16.3 Å². The van der Waals surface area contributed by atoms with Crippen LogP contribution in [0.4, 0.5) is 0 Å². The van der Waals surface area contributed by atoms with Crippen LogP contribution in [0.2, 0.25) is 0 Å². The van der Waals surface area contributed by atoms with Gasteiger partial charge in [-0.2, -0.15) is 0 Å². The zero-order valence-corrected chi connectivity index (χ0v) is 11.4. The Morgan fingerprint density at radius 1 is 1.38 bits per heavy atom. The Bertz CT molecular complexity index is 186. The second-order valence-corrected chi connectivity index (χ2v) is 4.75. The molecule has 0 aliphatic heterocycles. The van der Waals surface area contributed by atoms with E-state index in [0.29, 0.717) is 31.4 Å². The molecule has 0 N–H and O–H groups in total. The summed E-state index contributed by atoms with van der Waals surface area (Å²) < 4.78 is 5.01. The molecule has 16 heavy (non-hydrogen) atoms. The van der Waals surface area contributed by atoms with Crippen molar-refractivity contribution in [1.82, 2.24) is 4.90 Å². The zero-order valence-electron chi connectivity index (χ0n) is 10.7. The Hall–Kier alpha value is -0.280. The van der Waals surface area contributed by atoms with Crippen LogP contribution in [0.25, 0.3) is 0 Å². The van der Waals surface area contributed by atoms with E-state index in [1.165, 1.54) is 0 Å². The largest absolute Gasteiger partial charge is 0.383 e. The zero-order chi connectivity index (χ0) is 12.4. The smallest absolute Gasteiger partial charge is 0.222 e. The first-order valence-corrected chi connectivity index (χ1v) is 6.48. The van der Waals surface area contributed by atoms with Gasteiger partial charge in [0.2, 0.25) is 5.91 Å². The summed E-state index contributed by atoms with van der Waals surface area (Å²) in [6.45, 7) is 6.34. The van der Waals surface area contributed by atoms with Crippen molar-refractivity contribution in [3.8, 4) is 0 Å². The van der Waals surface area contributed by atoms with Crippen LogP contribution in [0.5, 0.6) is 0 Å². The Kier molecular flexibility index (Phi) is 9.74. The predicted molar refractivity (Wildman–Crippen MR) is 67.9 cm³/mol. The second kappa shape index (κ2) is 9.91. The number of carbonyl (C=O) groups is 1. The average Bonchev–Trinajstić information content (AvgIpc) is 2.23. The number of amides is 1. The van der Waals surface area contributed by atoms with Crippen molar-refractivity contribution in [2.75, 3.05) is 32.7 Å². The highest BCUT2D eigenvalue weighted by Crippen LogP contribution is 2.05. The predicted octanol–water partition coefficient (Wildman–Crippen LogP) is 2.53. The minimum absolute atomic E-state index is 0.218. The van der Waals surface area contributed by atoms with E-state index in [2.05, 4.69) is 13.8 Å². The van der Waals surface area contributed by atoms with Gasteiger partial charge in [-0.3, -0.25) is 4.79 Å². The monoisotopic (exact) mass is 249 g/mol. The maximum Gasteiger partial charge on any atom is 0.222 e. The number of methoxy groups -OCH3 is 1. The molecule has 0 heterocycles. The molecule has 0 aliphatic carbocycles. The van der Waals surface area contributed by atoms with Crippen LogP contribution in [-0.4, -0.2) is 43.5 Å². The SMILES string of the molecule is COCCN(CC(C)C)C(=O)CCCCCl. The van der Waals surface area contributed by atoms with Gasteiger partial charge < -0.3 is 9.64 Å². The third-order valence-electron chi connectivity index (χ3n) is 2.28. The number of ether oxygens (including phenoxy) is 1. The summed E-state index contributed by atoms with van der Waals surface area (Å²) in [5, 5.41) is 0. The Labute approximate surface area is 104 Å². The molecule has 0 aromatic rings. The van der Waals surface area contributed by atoms with E-state index in [9.17, 15) is 4.79 Å². The van der Waals surface area contributed by atoms with Crippen LogP contribution in [0.3, 0.4) is 0 Å². The van der Waals surface area contributed by atoms with Crippen molar-refractivity contribution < 1.29 is 9.53 Å². The standard InChI is InChI=1S/C12H24ClNO2/c1-11(2)10-14(8-9-16-3)12(15)6-4-5-7-13/h11H,4-10H2,1-3H3. The number of unbranched alkanes of at least 4 members (excludes halogenated alkanes) is 1. The Morgan fingerprint density at radius 3 is 2.56 bits per heavy atom. The molecule has 0 atom stereocenters. The number of hydrogen-bond acceptors (Lipinski definition) is 2. The molecule has 0 saturated heterocycles. The van der Waals surface area contributed by atoms with Gasteiger partial charge in [-0.25, -0.2) is 0 Å². The molecule has 96 valence electrons. The quantitative estimate of drug-likeness (QED) is 0.464. The lowest BCUT2D eigenvalue weighted by Gasteiger charge is -2.24. The molecule has 4 heteroatoms. The number of alkyl halides is 1. The third kappa shape index (κ3) is 7.94. The van der Waals surface area contributed by atoms with Crippen molar-refractivity contribution in [1.29, 1.82) is 0 Å². The minimum atomic E-state index is 0.218. The number of hydrogen-bond donors (Lipinski definition) is 0. The highest BCUT2D eigenvalue weighted by atomic mass is 35.5. The van der Waals surface area contributed by atoms with Gasteiger partial charge in [0, 0.05) is 32.5 Å². The molecule has 0 unspecified atom stereocenters. The first kappa shape index (κ1) is 15.7. The van der Waals surface area contributed by atoms with Crippen molar-refractivity contribution in [2.45, 2.75) is 33.1 Å². The number of carbonyl (C=O) groups excluding carboxylic acids is 1. The van der Waals surface area contributed by atoms with E-state index in [1.54, 1.807) is 7.11 Å². The topological polar surface area (TPSA) is 29.5 Å². The lowest BCUT2D eigenvalue weighted by molar-refractivity contribution is -0.132. The lowest BCUT2D eigenvalue weighted by atomic mass is 10.2. The first-order valence-electron chi connectivity index (χ1n) is 5.94. The summed E-state index contributed by atoms with van der Waals surface area (Å²) in [5.74, 6) is 1.35. The van der Waals surface area contributed by atoms with E-state index in [1.807, 2.05) is 4.90 Å². The van der Waals surface area contributed by atoms with Crippen molar-refractivity contribution in [3.05, 3.63) is 0 Å². The first-order chi connectivity index (χ1) is 7.61. The summed E-state index contributed by atoms with van der Waals surface area (Å²) >= 11 is 5.59. The molecule has 0 spiro atoms. The Morgan fingerprint density at radius 2 is 2.06 bits per heavy atom. The van der Waals surface area contributed by atoms with Gasteiger partial charge in [0.1, 0.15) is 0 Å². The van der Waals surface area contributed by atoms with Gasteiger partial charge >= 0.3 is 0 Å². The van der Waals surface area contributed by atoms with Crippen LogP contribution in [0, 0.1) is 5.92 Å². The molecule has 0 aromatic carbocycles. The second-order valence-electron chi connectivity index (χ2n) is 4.37. The van der Waals surface area contributed by atoms with Crippen LogP contribution in [0.15, 0.2) is 0 Å². The molecule has 0 fully saturated rings. The molecule has 0 bridgehead atoms. The van der Waals surface area contributed by atoms with E-state index in [0.717, 1.165) is 19.4 Å². The fourth-order valence-electron chi connectivity index (χ4n) is 1.49. The maximum atomic E-state index is 11.9. The third-order valence-corrected chi connectivity index (χ3v) is 2.55. The van der Waals surface area contributed by atoms with E-state index < -0.39 is 0 Å². The van der Waals surface area contributed by atoms with Crippen LogP contribution in [0.1, 0.15) is 33.1 Å². The average molecular weight is 250 g/mol. The lowest BCUT2D eigenvalue weighted by Crippen LogP contribution is -2.36. The van der Waals surface area contributed by atoms with Crippen molar-refractivity contribution in [2.24, 2.45) is 5.92 Å². The van der Waals surface area contributed by atoms with Gasteiger partial charge in [-0.1, -0.05) is 13.8 Å². The van der Waals surface area contributed by atoms with Gasteiger partial charge in [-0.05, 0) is 18.8 Å². The minimum Gasteiger partial charge on any atom is -0.383 e. The maximum absolute atomic E-state index is 11.9. The fourth-order valence-corrected chi connectivity index (χ4v) is 1.68. The summed E-state index contributed by atoms with van der Waals surface area (Å²) in [6, 6.07) is 0. The molecule has 0 rings (SSSR count). The van der Waals surface area contributed by atoms with Crippen molar-refractivity contribution in [3.63, 3.8) is 0 Å². The van der Waals surface area contributed by atoms with Crippen LogP contribution >= 0.6 is 11.6 Å². The number of nitrogens with zero attached hydrogens (tertiary/aromatic N) is 1. The van der Waals surface area contributed by atoms with Crippen molar-refractivity contribution >= 4 is 17.5 Å². The molecule has 1 amide bonds. The molecule has 0 radical (unpaired) electrons. The molecular weight excluding hydrogens is 226 g/mol. The number of rotatable bonds is 9. The normalized spacial score (nSPS) is 10.8. The van der Waals surface area contributed by atoms with Crippen LogP contribution in [-0.2, 0) is 9.53 Å². The summed E-state index contributed by atoms with van der Waals surface area (Å²) in [4.78, 5) is 13.8. The summed E-state index contributed by atoms with van der Waals surface area (Å²) in [7, 11) is 1.66. The number of halogens is 1. The van der Waals surface area contributed by atoms with E-state index >= 15 is 0 Å².